The van der Waals surface area contributed by atoms with Crippen molar-refractivity contribution in [2.45, 2.75) is 13.3 Å². The van der Waals surface area contributed by atoms with E-state index >= 15 is 0 Å². The summed E-state index contributed by atoms with van der Waals surface area (Å²) in [5.74, 6) is 0.240. The Bertz CT molecular complexity index is 809. The number of aryl methyl sites for hydroxylation is 1. The van der Waals surface area contributed by atoms with Gasteiger partial charge in [-0.15, -0.1) is 0 Å². The highest BCUT2D eigenvalue weighted by Crippen LogP contribution is 2.17. The number of nitrogens with one attached hydrogen (secondary N) is 1. The lowest BCUT2D eigenvalue weighted by Crippen LogP contribution is -2.29. The molecule has 1 saturated heterocycles. The summed E-state index contributed by atoms with van der Waals surface area (Å²) in [4.78, 5) is 12.1. The summed E-state index contributed by atoms with van der Waals surface area (Å²) >= 11 is 0. The highest BCUT2D eigenvalue weighted by Gasteiger charge is 2.27. The number of hydrogen-bond donors (Lipinski definition) is 1. The number of nitrogens with zero attached hydrogens (tertiary/aromatic N) is 2. The number of benzene rings is 1. The van der Waals surface area contributed by atoms with Gasteiger partial charge in [0.2, 0.25) is 0 Å². The fraction of sp³-hybridized carbons (Fsp3) is 0.375. The van der Waals surface area contributed by atoms with Crippen LogP contribution in [-0.4, -0.2) is 42.2 Å². The van der Waals surface area contributed by atoms with E-state index in [1.807, 2.05) is 25.3 Å². The summed E-state index contributed by atoms with van der Waals surface area (Å²) < 4.78 is 24.6. The minimum absolute atomic E-state index is 0.0234. The van der Waals surface area contributed by atoms with Gasteiger partial charge in [0.25, 0.3) is 5.91 Å². The van der Waals surface area contributed by atoms with E-state index < -0.39 is 9.84 Å². The molecule has 2 aromatic rings. The fourth-order valence-electron chi connectivity index (χ4n) is 2.69. The van der Waals surface area contributed by atoms with Gasteiger partial charge in [-0.05, 0) is 49.1 Å². The number of hydrogen-bond acceptors (Lipinski definition) is 4. The summed E-state index contributed by atoms with van der Waals surface area (Å²) in [6, 6.07) is 7.16. The third-order valence-corrected chi connectivity index (χ3v) is 5.82. The SMILES string of the molecule is Cc1cnn(-c2ccc(C(=O)NC[C@@H]3CCS(=O)(=O)C3)cc2)c1. The summed E-state index contributed by atoms with van der Waals surface area (Å²) in [6.45, 7) is 2.37. The van der Waals surface area contributed by atoms with Crippen LogP contribution in [0.15, 0.2) is 36.7 Å². The van der Waals surface area contributed by atoms with Gasteiger partial charge in [0.15, 0.2) is 9.84 Å². The van der Waals surface area contributed by atoms with Crippen LogP contribution < -0.4 is 5.32 Å². The molecule has 1 aliphatic heterocycles. The molecule has 23 heavy (non-hydrogen) atoms. The molecule has 1 fully saturated rings. The van der Waals surface area contributed by atoms with Crippen molar-refractivity contribution >= 4 is 15.7 Å². The number of aromatic nitrogens is 2. The number of carbonyl (C=O) groups excluding carboxylic acids is 1. The van der Waals surface area contributed by atoms with Gasteiger partial charge in [0.05, 0.1) is 23.4 Å². The van der Waals surface area contributed by atoms with Crippen LogP contribution in [0.4, 0.5) is 0 Å². The van der Waals surface area contributed by atoms with Crippen LogP contribution in [0.2, 0.25) is 0 Å². The molecular weight excluding hydrogens is 314 g/mol. The number of sulfone groups is 1. The molecule has 0 spiro atoms. The summed E-state index contributed by atoms with van der Waals surface area (Å²) in [5.41, 5.74) is 2.51. The van der Waals surface area contributed by atoms with Crippen LogP contribution in [-0.2, 0) is 9.84 Å². The first kappa shape index (κ1) is 15.7. The van der Waals surface area contributed by atoms with E-state index in [0.717, 1.165) is 11.3 Å². The van der Waals surface area contributed by atoms with E-state index in [4.69, 9.17) is 0 Å². The van der Waals surface area contributed by atoms with Gasteiger partial charge in [0, 0.05) is 18.3 Å². The summed E-state index contributed by atoms with van der Waals surface area (Å²) in [6.07, 6.45) is 4.31. The van der Waals surface area contributed by atoms with Crippen molar-refractivity contribution in [1.82, 2.24) is 15.1 Å². The van der Waals surface area contributed by atoms with Crippen molar-refractivity contribution in [2.24, 2.45) is 5.92 Å². The average molecular weight is 333 g/mol. The second kappa shape index (κ2) is 6.16. The van der Waals surface area contributed by atoms with Crippen molar-refractivity contribution in [3.8, 4) is 5.69 Å². The number of carbonyl (C=O) groups is 1. The minimum Gasteiger partial charge on any atom is -0.352 e. The molecule has 6 nitrogen and oxygen atoms in total. The number of amides is 1. The Kier molecular flexibility index (Phi) is 4.21. The Morgan fingerprint density at radius 3 is 2.65 bits per heavy atom. The van der Waals surface area contributed by atoms with Crippen molar-refractivity contribution in [2.75, 3.05) is 18.1 Å². The first-order valence-corrected chi connectivity index (χ1v) is 9.35. The quantitative estimate of drug-likeness (QED) is 0.916. The molecule has 2 heterocycles. The van der Waals surface area contributed by atoms with Crippen molar-refractivity contribution in [1.29, 1.82) is 0 Å². The van der Waals surface area contributed by atoms with Gasteiger partial charge >= 0.3 is 0 Å². The monoisotopic (exact) mass is 333 g/mol. The molecule has 1 aromatic carbocycles. The van der Waals surface area contributed by atoms with E-state index in [-0.39, 0.29) is 23.3 Å². The van der Waals surface area contributed by atoms with Crippen LogP contribution in [0.1, 0.15) is 22.3 Å². The maximum Gasteiger partial charge on any atom is 0.251 e. The Morgan fingerprint density at radius 2 is 2.09 bits per heavy atom. The largest absolute Gasteiger partial charge is 0.352 e. The van der Waals surface area contributed by atoms with E-state index in [2.05, 4.69) is 10.4 Å². The molecule has 1 aliphatic rings. The zero-order chi connectivity index (χ0) is 16.4. The van der Waals surface area contributed by atoms with Gasteiger partial charge in [0.1, 0.15) is 0 Å². The Hall–Kier alpha value is -2.15. The fourth-order valence-corrected chi connectivity index (χ4v) is 4.55. The lowest BCUT2D eigenvalue weighted by molar-refractivity contribution is 0.0948. The van der Waals surface area contributed by atoms with Crippen LogP contribution >= 0.6 is 0 Å². The van der Waals surface area contributed by atoms with Gasteiger partial charge in [-0.2, -0.15) is 5.10 Å². The molecule has 3 rings (SSSR count). The molecule has 0 saturated carbocycles. The van der Waals surface area contributed by atoms with Gasteiger partial charge in [-0.1, -0.05) is 0 Å². The average Bonchev–Trinajstić information content (AvgIpc) is 3.10. The standard InChI is InChI=1S/C16H19N3O3S/c1-12-8-18-19(10-12)15-4-2-14(3-5-15)16(20)17-9-13-6-7-23(21,22)11-13/h2-5,8,10,13H,6-7,9,11H2,1H3,(H,17,20)/t13-/m0/s1. The maximum atomic E-state index is 12.1. The van der Waals surface area contributed by atoms with Crippen LogP contribution in [0, 0.1) is 12.8 Å². The van der Waals surface area contributed by atoms with Gasteiger partial charge < -0.3 is 5.32 Å². The molecular formula is C16H19N3O3S. The molecule has 0 unspecified atom stereocenters. The van der Waals surface area contributed by atoms with Crippen molar-refractivity contribution < 1.29 is 13.2 Å². The molecule has 1 amide bonds. The van der Waals surface area contributed by atoms with Crippen LogP contribution in [0.25, 0.3) is 5.69 Å². The highest BCUT2D eigenvalue weighted by atomic mass is 32.2. The second-order valence-corrected chi connectivity index (χ2v) is 8.22. The smallest absolute Gasteiger partial charge is 0.251 e. The predicted octanol–water partition coefficient (Wildman–Crippen LogP) is 1.35. The third-order valence-electron chi connectivity index (χ3n) is 3.98. The number of rotatable bonds is 4. The first-order valence-electron chi connectivity index (χ1n) is 7.53. The maximum absolute atomic E-state index is 12.1. The van der Waals surface area contributed by atoms with Gasteiger partial charge in [-0.25, -0.2) is 13.1 Å². The minimum atomic E-state index is -2.90. The van der Waals surface area contributed by atoms with Crippen molar-refractivity contribution in [3.05, 3.63) is 47.8 Å². The normalized spacial score (nSPS) is 19.6. The first-order chi connectivity index (χ1) is 10.9. The Balaban J connectivity index is 1.60. The van der Waals surface area contributed by atoms with E-state index in [1.54, 1.807) is 23.0 Å². The lowest BCUT2D eigenvalue weighted by atomic mass is 10.1. The molecule has 0 bridgehead atoms. The highest BCUT2D eigenvalue weighted by molar-refractivity contribution is 7.91. The molecule has 1 N–H and O–H groups in total. The van der Waals surface area contributed by atoms with Gasteiger partial charge in [-0.3, -0.25) is 4.79 Å². The lowest BCUT2D eigenvalue weighted by Gasteiger charge is -2.10. The van der Waals surface area contributed by atoms with Crippen molar-refractivity contribution in [3.63, 3.8) is 0 Å². The zero-order valence-electron chi connectivity index (χ0n) is 12.9. The molecule has 7 heteroatoms. The molecule has 122 valence electrons. The van der Waals surface area contributed by atoms with E-state index in [1.165, 1.54) is 0 Å². The predicted molar refractivity (Wildman–Crippen MR) is 87.4 cm³/mol. The molecule has 1 atom stereocenters. The van der Waals surface area contributed by atoms with Crippen LogP contribution in [0.3, 0.4) is 0 Å². The molecule has 0 aliphatic carbocycles. The Labute approximate surface area is 135 Å². The molecule has 1 aromatic heterocycles. The third kappa shape index (κ3) is 3.79. The Morgan fingerprint density at radius 1 is 1.35 bits per heavy atom. The summed E-state index contributed by atoms with van der Waals surface area (Å²) in [5, 5.41) is 7.04. The van der Waals surface area contributed by atoms with E-state index in [9.17, 15) is 13.2 Å². The topological polar surface area (TPSA) is 81.1 Å². The van der Waals surface area contributed by atoms with Crippen LogP contribution in [0.5, 0.6) is 0 Å². The summed E-state index contributed by atoms with van der Waals surface area (Å²) in [7, 11) is -2.90. The molecule has 0 radical (unpaired) electrons. The van der Waals surface area contributed by atoms with E-state index in [0.29, 0.717) is 18.5 Å². The zero-order valence-corrected chi connectivity index (χ0v) is 13.7. The second-order valence-electron chi connectivity index (χ2n) is 5.99.